The maximum Gasteiger partial charge on any atom is 0.213 e. The molecule has 1 fully saturated rings. The highest BCUT2D eigenvalue weighted by Crippen LogP contribution is 2.35. The highest BCUT2D eigenvalue weighted by atomic mass is 19.1. The summed E-state index contributed by atoms with van der Waals surface area (Å²) in [6, 6.07) is 12.9. The van der Waals surface area contributed by atoms with Crippen molar-refractivity contribution >= 4 is 11.4 Å². The van der Waals surface area contributed by atoms with Crippen LogP contribution < -0.4 is 0 Å². The predicted molar refractivity (Wildman–Crippen MR) is 138 cm³/mol. The van der Waals surface area contributed by atoms with E-state index in [1.54, 1.807) is 22.8 Å². The highest BCUT2D eigenvalue weighted by molar-refractivity contribution is 5.97. The van der Waals surface area contributed by atoms with Crippen LogP contribution in [-0.4, -0.2) is 60.0 Å². The number of nitrogens with zero attached hydrogens (tertiary/aromatic N) is 7. The number of aromatic nitrogens is 6. The van der Waals surface area contributed by atoms with Crippen molar-refractivity contribution in [3.8, 4) is 22.6 Å². The van der Waals surface area contributed by atoms with Gasteiger partial charge in [0, 0.05) is 29.4 Å². The Kier molecular flexibility index (Phi) is 6.24. The van der Waals surface area contributed by atoms with Crippen molar-refractivity contribution in [1.29, 1.82) is 0 Å². The van der Waals surface area contributed by atoms with E-state index in [1.807, 2.05) is 18.5 Å². The molecule has 5 aromatic rings. The van der Waals surface area contributed by atoms with E-state index >= 15 is 0 Å². The molecule has 5 heterocycles. The second-order valence-corrected chi connectivity index (χ2v) is 9.61. The Hall–Kier alpha value is -4.31. The van der Waals surface area contributed by atoms with Crippen LogP contribution in [-0.2, 0) is 6.42 Å². The molecule has 1 aliphatic rings. The molecule has 0 atom stereocenters. The number of imidazole rings is 2. The molecule has 0 aliphatic carbocycles. The number of benzene rings is 1. The van der Waals surface area contributed by atoms with Gasteiger partial charge in [-0.2, -0.15) is 9.49 Å². The Morgan fingerprint density at radius 2 is 1.82 bits per heavy atom. The predicted octanol–water partition coefficient (Wildman–Crippen LogP) is 4.63. The Morgan fingerprint density at radius 1 is 1.03 bits per heavy atom. The van der Waals surface area contributed by atoms with E-state index in [9.17, 15) is 13.6 Å². The molecule has 6 rings (SSSR count). The quantitative estimate of drug-likeness (QED) is 0.243. The topological polar surface area (TPSA) is 81.2 Å². The average Bonchev–Trinajstić information content (AvgIpc) is 3.53. The van der Waals surface area contributed by atoms with Crippen LogP contribution in [0.4, 0.5) is 8.78 Å². The van der Waals surface area contributed by atoms with E-state index in [2.05, 4.69) is 26.5 Å². The summed E-state index contributed by atoms with van der Waals surface area (Å²) in [6.07, 6.45) is 6.81. The second-order valence-electron chi connectivity index (χ2n) is 9.61. The van der Waals surface area contributed by atoms with Crippen molar-refractivity contribution in [2.75, 3.05) is 20.1 Å². The summed E-state index contributed by atoms with van der Waals surface area (Å²) < 4.78 is 30.9. The molecular weight excluding hydrogens is 488 g/mol. The summed E-state index contributed by atoms with van der Waals surface area (Å²) in [7, 11) is 2.12. The van der Waals surface area contributed by atoms with Gasteiger partial charge < -0.3 is 9.47 Å². The highest BCUT2D eigenvalue weighted by Gasteiger charge is 2.25. The first kappa shape index (κ1) is 24.1. The van der Waals surface area contributed by atoms with Gasteiger partial charge in [0.05, 0.1) is 36.0 Å². The first-order chi connectivity index (χ1) is 18.4. The number of piperidine rings is 1. The summed E-state index contributed by atoms with van der Waals surface area (Å²) in [5, 5.41) is 4.83. The lowest BCUT2D eigenvalue weighted by Crippen LogP contribution is -2.31. The minimum absolute atomic E-state index is 0.0104. The van der Waals surface area contributed by atoms with Gasteiger partial charge in [-0.1, -0.05) is 0 Å². The molecule has 1 aliphatic heterocycles. The van der Waals surface area contributed by atoms with Crippen LogP contribution in [0.25, 0.3) is 28.3 Å². The van der Waals surface area contributed by atoms with E-state index in [-0.39, 0.29) is 29.6 Å². The van der Waals surface area contributed by atoms with Gasteiger partial charge in [0.1, 0.15) is 11.5 Å². The minimum atomic E-state index is -0.699. The molecule has 8 nitrogen and oxygen atoms in total. The number of Topliss-reactive ketones (excluding diaryl/α,β-unsaturated/α-hetero) is 1. The van der Waals surface area contributed by atoms with E-state index in [4.69, 9.17) is 10.1 Å². The van der Waals surface area contributed by atoms with Crippen molar-refractivity contribution in [2.24, 2.45) is 0 Å². The fraction of sp³-hybridized carbons (Fsp3) is 0.250. The maximum absolute atomic E-state index is 13.7. The van der Waals surface area contributed by atoms with Crippen molar-refractivity contribution in [2.45, 2.75) is 25.3 Å². The summed E-state index contributed by atoms with van der Waals surface area (Å²) in [5.41, 5.74) is 4.44. The summed E-state index contributed by atoms with van der Waals surface area (Å²) in [5.74, 6) is -1.26. The molecule has 0 N–H and O–H groups in total. The molecule has 0 spiro atoms. The Bertz CT molecular complexity index is 1620. The van der Waals surface area contributed by atoms with Crippen LogP contribution in [0, 0.1) is 11.8 Å². The molecule has 192 valence electrons. The number of likely N-dealkylation sites (tertiary alicyclic amines) is 1. The van der Waals surface area contributed by atoms with Crippen LogP contribution in [0.2, 0.25) is 0 Å². The zero-order chi connectivity index (χ0) is 26.2. The van der Waals surface area contributed by atoms with Gasteiger partial charge in [0.2, 0.25) is 5.95 Å². The zero-order valence-electron chi connectivity index (χ0n) is 20.8. The summed E-state index contributed by atoms with van der Waals surface area (Å²) in [4.78, 5) is 27.7. The smallest absolute Gasteiger partial charge is 0.213 e. The number of carbonyl (C=O) groups excluding carboxylic acids is 1. The van der Waals surface area contributed by atoms with Crippen molar-refractivity contribution in [3.63, 3.8) is 0 Å². The number of pyridine rings is 1. The SMILES string of the molecule is CN1CCC(n2cnc(-c3ccc(F)cc3)c2-c2ccc3nc(CC(=O)c4ccnc(F)c4)cn3n2)CC1. The Morgan fingerprint density at radius 3 is 2.58 bits per heavy atom. The summed E-state index contributed by atoms with van der Waals surface area (Å²) in [6.45, 7) is 1.97. The van der Waals surface area contributed by atoms with Crippen molar-refractivity contribution in [1.82, 2.24) is 34.0 Å². The molecule has 4 aromatic heterocycles. The van der Waals surface area contributed by atoms with E-state index < -0.39 is 5.95 Å². The lowest BCUT2D eigenvalue weighted by molar-refractivity contribution is 0.0991. The fourth-order valence-electron chi connectivity index (χ4n) is 4.97. The maximum atomic E-state index is 13.7. The van der Waals surface area contributed by atoms with Crippen molar-refractivity contribution < 1.29 is 13.6 Å². The third kappa shape index (κ3) is 4.70. The lowest BCUT2D eigenvalue weighted by Gasteiger charge is -2.30. The zero-order valence-corrected chi connectivity index (χ0v) is 20.8. The molecule has 1 saturated heterocycles. The largest absolute Gasteiger partial charge is 0.326 e. The Labute approximate surface area is 217 Å². The fourth-order valence-corrected chi connectivity index (χ4v) is 4.97. The van der Waals surface area contributed by atoms with Crippen LogP contribution in [0.3, 0.4) is 0 Å². The Balaban J connectivity index is 1.38. The standard InChI is InChI=1S/C28H25F2N7O/c1-35-12-9-22(10-13-35)36-17-32-27(18-2-4-20(29)5-3-18)28(36)23-6-7-26-33-21(16-37(26)34-23)15-24(38)19-8-11-31-25(30)14-19/h2-8,11,14,16-17,22H,9-10,12-13,15H2,1H3. The van der Waals surface area contributed by atoms with Crippen LogP contribution in [0.1, 0.15) is 34.9 Å². The van der Waals surface area contributed by atoms with E-state index in [1.165, 1.54) is 24.4 Å². The molecule has 0 bridgehead atoms. The van der Waals surface area contributed by atoms with Gasteiger partial charge in [-0.25, -0.2) is 23.9 Å². The number of carbonyl (C=O) groups is 1. The number of hydrogen-bond donors (Lipinski definition) is 0. The van der Waals surface area contributed by atoms with Gasteiger partial charge in [-0.3, -0.25) is 4.79 Å². The summed E-state index contributed by atoms with van der Waals surface area (Å²) >= 11 is 0. The number of ketones is 1. The van der Waals surface area contributed by atoms with Gasteiger partial charge >= 0.3 is 0 Å². The molecule has 0 amide bonds. The molecule has 0 saturated carbocycles. The van der Waals surface area contributed by atoms with E-state index in [0.717, 1.165) is 48.9 Å². The molecule has 10 heteroatoms. The van der Waals surface area contributed by atoms with E-state index in [0.29, 0.717) is 17.0 Å². The number of hydrogen-bond acceptors (Lipinski definition) is 6. The molecule has 1 aromatic carbocycles. The van der Waals surface area contributed by atoms with Gasteiger partial charge in [-0.15, -0.1) is 0 Å². The number of rotatable bonds is 6. The first-order valence-electron chi connectivity index (χ1n) is 12.5. The van der Waals surface area contributed by atoms with Crippen LogP contribution >= 0.6 is 0 Å². The molecule has 0 unspecified atom stereocenters. The minimum Gasteiger partial charge on any atom is -0.326 e. The van der Waals surface area contributed by atoms with Crippen LogP contribution in [0.15, 0.2) is 67.3 Å². The van der Waals surface area contributed by atoms with Gasteiger partial charge in [-0.05, 0) is 75.4 Å². The van der Waals surface area contributed by atoms with Gasteiger partial charge in [0.15, 0.2) is 11.4 Å². The molecular formula is C28H25F2N7O. The monoisotopic (exact) mass is 513 g/mol. The third-order valence-electron chi connectivity index (χ3n) is 7.00. The number of halogens is 2. The number of fused-ring (bicyclic) bond motifs is 1. The third-order valence-corrected chi connectivity index (χ3v) is 7.00. The molecule has 38 heavy (non-hydrogen) atoms. The average molecular weight is 514 g/mol. The first-order valence-corrected chi connectivity index (χ1v) is 12.5. The van der Waals surface area contributed by atoms with Crippen molar-refractivity contribution in [3.05, 3.63) is 90.3 Å². The normalized spacial score (nSPS) is 14.8. The van der Waals surface area contributed by atoms with Gasteiger partial charge in [0.25, 0.3) is 0 Å². The van der Waals surface area contributed by atoms with Crippen LogP contribution in [0.5, 0.6) is 0 Å². The second kappa shape index (κ2) is 9.86. The molecule has 0 radical (unpaired) electrons. The lowest BCUT2D eigenvalue weighted by atomic mass is 10.0.